The lowest BCUT2D eigenvalue weighted by Crippen LogP contribution is -2.33. The van der Waals surface area contributed by atoms with Crippen LogP contribution in [0.5, 0.6) is 0 Å². The highest BCUT2D eigenvalue weighted by atomic mass is 32.1. The number of nitrogens with two attached hydrogens (primary N) is 1. The van der Waals surface area contributed by atoms with Gasteiger partial charge in [0.25, 0.3) is 5.91 Å². The first kappa shape index (κ1) is 21.9. The number of alkyl halides is 3. The third-order valence-corrected chi connectivity index (χ3v) is 5.30. The van der Waals surface area contributed by atoms with Gasteiger partial charge in [-0.3, -0.25) is 9.78 Å². The van der Waals surface area contributed by atoms with Crippen LogP contribution in [0.15, 0.2) is 35.8 Å². The van der Waals surface area contributed by atoms with E-state index in [2.05, 4.69) is 20.3 Å². The Labute approximate surface area is 174 Å². The zero-order valence-corrected chi connectivity index (χ0v) is 16.6. The topological polar surface area (TPSA) is 117 Å². The van der Waals surface area contributed by atoms with Crippen molar-refractivity contribution in [3.05, 3.63) is 57.8 Å². The van der Waals surface area contributed by atoms with Crippen molar-refractivity contribution >= 4 is 17.2 Å². The molecule has 3 rings (SSSR count). The monoisotopic (exact) mass is 439 g/mol. The molecule has 11 heteroatoms. The summed E-state index contributed by atoms with van der Waals surface area (Å²) in [5, 5.41) is 14.2. The molecule has 0 aliphatic rings. The molecule has 5 N–H and O–H groups in total. The standard InChI is InChI=1S/C19H20F3N5O2S/c20-19(21,22)11-3-4-13(24-9-11)14-5-6-15(26-14)17(29)27-16(8-23)18-25-12(10-30-18)2-1-7-28/h3-6,9-10,16,26,28H,1-2,7-8,23H2,(H,27,29)/t16-/m1/s1. The van der Waals surface area contributed by atoms with E-state index in [1.54, 1.807) is 6.07 Å². The molecule has 0 unspecified atom stereocenters. The largest absolute Gasteiger partial charge is 0.417 e. The van der Waals surface area contributed by atoms with Crippen LogP contribution in [0.25, 0.3) is 11.4 Å². The number of aromatic amines is 1. The van der Waals surface area contributed by atoms with Crippen molar-refractivity contribution in [2.45, 2.75) is 25.1 Å². The van der Waals surface area contributed by atoms with Gasteiger partial charge in [-0.15, -0.1) is 11.3 Å². The number of H-pyrrole nitrogens is 1. The van der Waals surface area contributed by atoms with E-state index in [0.29, 0.717) is 23.5 Å². The van der Waals surface area contributed by atoms with Gasteiger partial charge in [0, 0.05) is 24.7 Å². The zero-order chi connectivity index (χ0) is 21.7. The number of carbonyl (C=O) groups excluding carboxylic acids is 1. The van der Waals surface area contributed by atoms with Crippen molar-refractivity contribution < 1.29 is 23.1 Å². The van der Waals surface area contributed by atoms with Gasteiger partial charge in [-0.25, -0.2) is 4.98 Å². The van der Waals surface area contributed by atoms with E-state index in [9.17, 15) is 18.0 Å². The molecule has 0 bridgehead atoms. The van der Waals surface area contributed by atoms with Crippen LogP contribution in [0, 0.1) is 0 Å². The number of thiazole rings is 1. The molecule has 3 aromatic heterocycles. The molecule has 0 spiro atoms. The Morgan fingerprint density at radius 1 is 1.30 bits per heavy atom. The minimum atomic E-state index is -4.46. The second-order valence-corrected chi connectivity index (χ2v) is 7.37. The molecule has 3 aromatic rings. The summed E-state index contributed by atoms with van der Waals surface area (Å²) in [6, 6.07) is 4.78. The minimum absolute atomic E-state index is 0.0763. The molecule has 0 aliphatic heterocycles. The summed E-state index contributed by atoms with van der Waals surface area (Å²) < 4.78 is 38.0. The number of amides is 1. The Bertz CT molecular complexity index is 985. The van der Waals surface area contributed by atoms with Crippen LogP contribution < -0.4 is 11.1 Å². The van der Waals surface area contributed by atoms with Crippen LogP contribution in [0.4, 0.5) is 13.2 Å². The Balaban J connectivity index is 1.68. The van der Waals surface area contributed by atoms with Gasteiger partial charge in [-0.05, 0) is 37.1 Å². The molecule has 0 radical (unpaired) electrons. The third kappa shape index (κ3) is 5.23. The first-order chi connectivity index (χ1) is 14.3. The van der Waals surface area contributed by atoms with Crippen molar-refractivity contribution in [3.8, 4) is 11.4 Å². The number of nitrogens with zero attached hydrogens (tertiary/aromatic N) is 2. The molecular weight excluding hydrogens is 419 g/mol. The zero-order valence-electron chi connectivity index (χ0n) is 15.7. The second kappa shape index (κ2) is 9.37. The van der Waals surface area contributed by atoms with Gasteiger partial charge in [0.15, 0.2) is 0 Å². The number of aryl methyl sites for hydroxylation is 1. The molecule has 160 valence electrons. The van der Waals surface area contributed by atoms with Gasteiger partial charge in [-0.1, -0.05) is 0 Å². The summed E-state index contributed by atoms with van der Waals surface area (Å²) in [6.07, 6.45) is -2.47. The van der Waals surface area contributed by atoms with E-state index in [1.165, 1.54) is 23.5 Å². The molecule has 0 saturated heterocycles. The van der Waals surface area contributed by atoms with Crippen molar-refractivity contribution in [2.75, 3.05) is 13.2 Å². The van der Waals surface area contributed by atoms with Gasteiger partial charge in [0.1, 0.15) is 10.7 Å². The molecule has 0 aromatic carbocycles. The highest BCUT2D eigenvalue weighted by Gasteiger charge is 2.30. The van der Waals surface area contributed by atoms with Crippen molar-refractivity contribution in [1.29, 1.82) is 0 Å². The smallest absolute Gasteiger partial charge is 0.396 e. The molecule has 30 heavy (non-hydrogen) atoms. The number of aromatic nitrogens is 3. The Hall–Kier alpha value is -2.76. The first-order valence-electron chi connectivity index (χ1n) is 9.10. The summed E-state index contributed by atoms with van der Waals surface area (Å²) in [4.78, 5) is 23.7. The van der Waals surface area contributed by atoms with Crippen molar-refractivity contribution in [1.82, 2.24) is 20.3 Å². The lowest BCUT2D eigenvalue weighted by atomic mass is 10.2. The number of halogens is 3. The Morgan fingerprint density at radius 3 is 2.73 bits per heavy atom. The van der Waals surface area contributed by atoms with Crippen molar-refractivity contribution in [2.24, 2.45) is 5.73 Å². The Kier molecular flexibility index (Phi) is 6.85. The lowest BCUT2D eigenvalue weighted by Gasteiger charge is -2.13. The number of hydrogen-bond donors (Lipinski definition) is 4. The summed E-state index contributed by atoms with van der Waals surface area (Å²) in [6.45, 7) is 0.222. The number of aliphatic hydroxyl groups is 1. The second-order valence-electron chi connectivity index (χ2n) is 6.48. The van der Waals surface area contributed by atoms with Crippen LogP contribution in [-0.2, 0) is 12.6 Å². The normalized spacial score (nSPS) is 12.7. The highest BCUT2D eigenvalue weighted by Crippen LogP contribution is 2.29. The fourth-order valence-electron chi connectivity index (χ4n) is 2.71. The van der Waals surface area contributed by atoms with Gasteiger partial charge in [0.2, 0.25) is 0 Å². The van der Waals surface area contributed by atoms with E-state index < -0.39 is 23.7 Å². The first-order valence-corrected chi connectivity index (χ1v) is 9.98. The molecule has 7 nitrogen and oxygen atoms in total. The van der Waals surface area contributed by atoms with Gasteiger partial charge in [-0.2, -0.15) is 13.2 Å². The fourth-order valence-corrected chi connectivity index (χ4v) is 3.63. The highest BCUT2D eigenvalue weighted by molar-refractivity contribution is 7.09. The third-order valence-electron chi connectivity index (χ3n) is 4.30. The van der Waals surface area contributed by atoms with Crippen molar-refractivity contribution in [3.63, 3.8) is 0 Å². The van der Waals surface area contributed by atoms with E-state index in [4.69, 9.17) is 10.8 Å². The van der Waals surface area contributed by atoms with Gasteiger partial charge < -0.3 is 21.1 Å². The number of nitrogens with one attached hydrogen (secondary N) is 2. The average molecular weight is 439 g/mol. The fraction of sp³-hybridized carbons (Fsp3) is 0.316. The van der Waals surface area contributed by atoms with E-state index in [1.807, 2.05) is 5.38 Å². The molecule has 0 fully saturated rings. The van der Waals surface area contributed by atoms with Gasteiger partial charge >= 0.3 is 6.18 Å². The molecule has 0 aliphatic carbocycles. The quantitative estimate of drug-likeness (QED) is 0.431. The average Bonchev–Trinajstić information content (AvgIpc) is 3.40. The van der Waals surface area contributed by atoms with Crippen LogP contribution >= 0.6 is 11.3 Å². The predicted octanol–water partition coefficient (Wildman–Crippen LogP) is 2.91. The van der Waals surface area contributed by atoms with Gasteiger partial charge in [0.05, 0.1) is 28.7 Å². The van der Waals surface area contributed by atoms with Crippen LogP contribution in [0.2, 0.25) is 0 Å². The molecular formula is C19H20F3N5O2S. The van der Waals surface area contributed by atoms with E-state index >= 15 is 0 Å². The van der Waals surface area contributed by atoms with Crippen LogP contribution in [0.1, 0.15) is 39.2 Å². The van der Waals surface area contributed by atoms with Crippen LogP contribution in [0.3, 0.4) is 0 Å². The molecule has 1 atom stereocenters. The number of rotatable bonds is 8. The molecule has 0 saturated carbocycles. The molecule has 1 amide bonds. The SMILES string of the molecule is NC[C@@H](NC(=O)c1ccc(-c2ccc(C(F)(F)F)cn2)[nH]1)c1nc(CCCO)cs1. The summed E-state index contributed by atoms with van der Waals surface area (Å²) in [5.74, 6) is -0.421. The van der Waals surface area contributed by atoms with E-state index in [-0.39, 0.29) is 24.5 Å². The summed E-state index contributed by atoms with van der Waals surface area (Å²) in [7, 11) is 0. The Morgan fingerprint density at radius 2 is 2.10 bits per heavy atom. The maximum absolute atomic E-state index is 12.7. The number of carbonyl (C=O) groups is 1. The number of aliphatic hydroxyl groups excluding tert-OH is 1. The molecule has 3 heterocycles. The summed E-state index contributed by atoms with van der Waals surface area (Å²) in [5.41, 5.74) is 6.69. The number of hydrogen-bond acceptors (Lipinski definition) is 6. The predicted molar refractivity (Wildman–Crippen MR) is 106 cm³/mol. The number of pyridine rings is 1. The lowest BCUT2D eigenvalue weighted by molar-refractivity contribution is -0.137. The van der Waals surface area contributed by atoms with Crippen LogP contribution in [-0.4, -0.2) is 39.1 Å². The maximum atomic E-state index is 12.7. The van der Waals surface area contributed by atoms with E-state index in [0.717, 1.165) is 18.0 Å². The minimum Gasteiger partial charge on any atom is -0.396 e. The summed E-state index contributed by atoms with van der Waals surface area (Å²) >= 11 is 1.38. The maximum Gasteiger partial charge on any atom is 0.417 e.